The molecule has 1 aromatic heterocycles. The highest BCUT2D eigenvalue weighted by Crippen LogP contribution is 2.28. The molecule has 3 fully saturated rings. The number of likely N-dealkylation sites (tertiary alicyclic amines) is 3. The smallest absolute Gasteiger partial charge is 0.245 e. The third-order valence-electron chi connectivity index (χ3n) is 8.44. The van der Waals surface area contributed by atoms with Gasteiger partial charge in [-0.25, -0.2) is 0 Å². The fourth-order valence-electron chi connectivity index (χ4n) is 6.42. The number of nitrogens with zero attached hydrogens (tertiary/aromatic N) is 4. The number of aromatic nitrogens is 1. The van der Waals surface area contributed by atoms with Gasteiger partial charge >= 0.3 is 0 Å². The van der Waals surface area contributed by atoms with E-state index >= 15 is 0 Å². The fraction of sp³-hybridized carbons (Fsp3) is 0.567. The molecule has 0 N–H and O–H groups in total. The molecule has 5 rings (SSSR count). The minimum absolute atomic E-state index is 0.0724. The Kier molecular flexibility index (Phi) is 8.68. The van der Waals surface area contributed by atoms with Gasteiger partial charge in [-0.15, -0.1) is 0 Å². The first kappa shape index (κ1) is 27.1. The standard InChI is InChI=1S/C30H39BrN4O3/c1-2-29(37)34-17-22(18-34)14-26(36)21-33-19-23(27-16-24(31)9-10-28(27)33)15-30(38)35-13-7-4-8-25(35)20-32-11-5-3-6-12-32/h2,9-10,16,19,22,25H,1,3-8,11-15,17-18,20-21H2. The van der Waals surface area contributed by atoms with Gasteiger partial charge in [0.15, 0.2) is 5.78 Å². The second kappa shape index (κ2) is 12.2. The minimum Gasteiger partial charge on any atom is -0.340 e. The molecule has 204 valence electrons. The average molecular weight is 584 g/mol. The normalized spacial score (nSPS) is 20.9. The predicted molar refractivity (Wildman–Crippen MR) is 153 cm³/mol. The summed E-state index contributed by atoms with van der Waals surface area (Å²) in [6, 6.07) is 6.37. The van der Waals surface area contributed by atoms with Crippen LogP contribution in [-0.2, 0) is 27.3 Å². The van der Waals surface area contributed by atoms with Crippen LogP contribution in [0.15, 0.2) is 41.5 Å². The number of hydrogen-bond acceptors (Lipinski definition) is 4. The number of piperidine rings is 2. The maximum atomic E-state index is 13.7. The molecular formula is C30H39BrN4O3. The Labute approximate surface area is 233 Å². The maximum Gasteiger partial charge on any atom is 0.245 e. The summed E-state index contributed by atoms with van der Waals surface area (Å²) >= 11 is 3.59. The largest absolute Gasteiger partial charge is 0.340 e. The highest BCUT2D eigenvalue weighted by Gasteiger charge is 2.32. The van der Waals surface area contributed by atoms with Crippen molar-refractivity contribution in [2.45, 2.75) is 64.0 Å². The lowest BCUT2D eigenvalue weighted by molar-refractivity contribution is -0.135. The fourth-order valence-corrected chi connectivity index (χ4v) is 6.78. The summed E-state index contributed by atoms with van der Waals surface area (Å²) in [5, 5.41) is 1.02. The van der Waals surface area contributed by atoms with Gasteiger partial charge in [-0.2, -0.15) is 0 Å². The quantitative estimate of drug-likeness (QED) is 0.411. The third kappa shape index (κ3) is 6.23. The number of amides is 2. The number of Topliss-reactive ketones (excluding diaryl/α,β-unsaturated/α-hetero) is 1. The first-order chi connectivity index (χ1) is 18.4. The van der Waals surface area contributed by atoms with Gasteiger partial charge in [0.2, 0.25) is 11.8 Å². The van der Waals surface area contributed by atoms with E-state index in [2.05, 4.69) is 38.4 Å². The van der Waals surface area contributed by atoms with Crippen LogP contribution in [0.2, 0.25) is 0 Å². The molecule has 3 saturated heterocycles. The number of ketones is 1. The molecule has 1 atom stereocenters. The number of halogens is 1. The van der Waals surface area contributed by atoms with E-state index in [9.17, 15) is 14.4 Å². The van der Waals surface area contributed by atoms with Gasteiger partial charge in [0.05, 0.1) is 13.0 Å². The number of carbonyl (C=O) groups is 3. The van der Waals surface area contributed by atoms with Crippen molar-refractivity contribution < 1.29 is 14.4 Å². The molecule has 1 aromatic carbocycles. The third-order valence-corrected chi connectivity index (χ3v) is 8.93. The molecule has 4 heterocycles. The monoisotopic (exact) mass is 582 g/mol. The summed E-state index contributed by atoms with van der Waals surface area (Å²) < 4.78 is 2.96. The average Bonchev–Trinajstić information content (AvgIpc) is 3.22. The molecule has 1 unspecified atom stereocenters. The minimum atomic E-state index is -0.0724. The molecule has 0 aliphatic carbocycles. The molecule has 0 bridgehead atoms. The van der Waals surface area contributed by atoms with E-state index in [0.29, 0.717) is 32.0 Å². The molecule has 38 heavy (non-hydrogen) atoms. The number of carbonyl (C=O) groups excluding carboxylic acids is 3. The van der Waals surface area contributed by atoms with Crippen LogP contribution in [0.3, 0.4) is 0 Å². The highest BCUT2D eigenvalue weighted by atomic mass is 79.9. The van der Waals surface area contributed by atoms with Gasteiger partial charge < -0.3 is 19.3 Å². The van der Waals surface area contributed by atoms with E-state index in [-0.39, 0.29) is 30.1 Å². The van der Waals surface area contributed by atoms with Crippen molar-refractivity contribution in [1.29, 1.82) is 0 Å². The molecular weight excluding hydrogens is 544 g/mol. The van der Waals surface area contributed by atoms with Gasteiger partial charge in [0, 0.05) is 66.1 Å². The zero-order valence-electron chi connectivity index (χ0n) is 22.2. The highest BCUT2D eigenvalue weighted by molar-refractivity contribution is 9.10. The van der Waals surface area contributed by atoms with Crippen molar-refractivity contribution in [3.05, 3.63) is 47.1 Å². The summed E-state index contributed by atoms with van der Waals surface area (Å²) in [4.78, 5) is 44.7. The Morgan fingerprint density at radius 3 is 2.55 bits per heavy atom. The van der Waals surface area contributed by atoms with Crippen LogP contribution in [0.4, 0.5) is 0 Å². The van der Waals surface area contributed by atoms with Crippen LogP contribution in [-0.4, -0.2) is 82.2 Å². The van der Waals surface area contributed by atoms with Crippen molar-refractivity contribution in [2.24, 2.45) is 5.92 Å². The molecule has 3 aliphatic heterocycles. The number of benzene rings is 1. The van der Waals surface area contributed by atoms with Crippen molar-refractivity contribution in [3.8, 4) is 0 Å². The summed E-state index contributed by atoms with van der Waals surface area (Å²) in [7, 11) is 0. The predicted octanol–water partition coefficient (Wildman–Crippen LogP) is 4.42. The molecule has 7 nitrogen and oxygen atoms in total. The Hall–Kier alpha value is -2.45. The van der Waals surface area contributed by atoms with Gasteiger partial charge in [0.25, 0.3) is 0 Å². The van der Waals surface area contributed by atoms with Crippen LogP contribution in [0, 0.1) is 5.92 Å². The van der Waals surface area contributed by atoms with Gasteiger partial charge in [-0.05, 0) is 75.0 Å². The van der Waals surface area contributed by atoms with Crippen LogP contribution >= 0.6 is 15.9 Å². The topological polar surface area (TPSA) is 65.9 Å². The van der Waals surface area contributed by atoms with E-state index in [1.807, 2.05) is 22.9 Å². The molecule has 0 spiro atoms. The number of fused-ring (bicyclic) bond motifs is 1. The molecule has 0 saturated carbocycles. The van der Waals surface area contributed by atoms with Crippen molar-refractivity contribution in [1.82, 2.24) is 19.3 Å². The molecule has 3 aliphatic rings. The first-order valence-corrected chi connectivity index (χ1v) is 14.9. The van der Waals surface area contributed by atoms with Crippen LogP contribution in [0.25, 0.3) is 10.9 Å². The van der Waals surface area contributed by atoms with E-state index in [1.165, 1.54) is 31.8 Å². The Bertz CT molecular complexity index is 1200. The van der Waals surface area contributed by atoms with Gasteiger partial charge in [0.1, 0.15) is 0 Å². The lowest BCUT2D eigenvalue weighted by Gasteiger charge is -2.39. The zero-order chi connectivity index (χ0) is 26.6. The van der Waals surface area contributed by atoms with E-state index in [0.717, 1.165) is 60.0 Å². The molecule has 0 radical (unpaired) electrons. The second-order valence-corrected chi connectivity index (χ2v) is 12.2. The van der Waals surface area contributed by atoms with E-state index in [1.54, 1.807) is 4.90 Å². The van der Waals surface area contributed by atoms with Crippen LogP contribution in [0.1, 0.15) is 50.5 Å². The summed E-state index contributed by atoms with van der Waals surface area (Å²) in [5.74, 6) is 0.478. The molecule has 8 heteroatoms. The van der Waals surface area contributed by atoms with Gasteiger partial charge in [-0.3, -0.25) is 14.4 Å². The Morgan fingerprint density at radius 1 is 1.03 bits per heavy atom. The summed E-state index contributed by atoms with van der Waals surface area (Å²) in [6.07, 6.45) is 11.3. The summed E-state index contributed by atoms with van der Waals surface area (Å²) in [5.41, 5.74) is 1.96. The molecule has 2 aromatic rings. The lowest BCUT2D eigenvalue weighted by Crippen LogP contribution is -2.50. The van der Waals surface area contributed by atoms with Crippen molar-refractivity contribution in [2.75, 3.05) is 39.3 Å². The lowest BCUT2D eigenvalue weighted by atomic mass is 9.94. The Balaban J connectivity index is 1.26. The number of rotatable bonds is 9. The van der Waals surface area contributed by atoms with Crippen LogP contribution < -0.4 is 0 Å². The SMILES string of the molecule is C=CC(=O)N1CC(CC(=O)Cn2cc(CC(=O)N3CCCCC3CN3CCCCC3)c3cc(Br)ccc32)C1. The second-order valence-electron chi connectivity index (χ2n) is 11.3. The van der Waals surface area contributed by atoms with Crippen LogP contribution in [0.5, 0.6) is 0 Å². The summed E-state index contributed by atoms with van der Waals surface area (Å²) in [6.45, 7) is 9.17. The van der Waals surface area contributed by atoms with Crippen molar-refractivity contribution >= 4 is 44.4 Å². The van der Waals surface area contributed by atoms with Gasteiger partial charge in [-0.1, -0.05) is 28.9 Å². The van der Waals surface area contributed by atoms with E-state index in [4.69, 9.17) is 0 Å². The van der Waals surface area contributed by atoms with E-state index < -0.39 is 0 Å². The zero-order valence-corrected chi connectivity index (χ0v) is 23.8. The molecule has 2 amide bonds. The number of hydrogen-bond donors (Lipinski definition) is 0. The Morgan fingerprint density at radius 2 is 1.79 bits per heavy atom. The van der Waals surface area contributed by atoms with Crippen molar-refractivity contribution in [3.63, 3.8) is 0 Å². The maximum absolute atomic E-state index is 13.7. The first-order valence-electron chi connectivity index (χ1n) is 14.1.